The molecule has 3 atom stereocenters. The second-order valence-corrected chi connectivity index (χ2v) is 8.12. The molecule has 0 amide bonds. The Balaban J connectivity index is 1.32. The van der Waals surface area contributed by atoms with Gasteiger partial charge in [0, 0.05) is 37.4 Å². The average molecular weight is 408 g/mol. The van der Waals surface area contributed by atoms with Gasteiger partial charge in [-0.3, -0.25) is 0 Å². The van der Waals surface area contributed by atoms with Gasteiger partial charge in [-0.2, -0.15) is 0 Å². The lowest BCUT2D eigenvalue weighted by Gasteiger charge is -2.16. The van der Waals surface area contributed by atoms with E-state index in [2.05, 4.69) is 30.2 Å². The normalized spacial score (nSPS) is 23.5. The molecule has 3 heterocycles. The molecule has 30 heavy (non-hydrogen) atoms. The van der Waals surface area contributed by atoms with Crippen LogP contribution in [0, 0.1) is 11.6 Å². The first-order chi connectivity index (χ1) is 14.6. The van der Waals surface area contributed by atoms with E-state index in [0.717, 1.165) is 37.1 Å². The van der Waals surface area contributed by atoms with E-state index in [1.807, 2.05) is 7.05 Å². The zero-order valence-corrected chi connectivity index (χ0v) is 16.6. The van der Waals surface area contributed by atoms with Crippen LogP contribution < -0.4 is 5.32 Å². The van der Waals surface area contributed by atoms with E-state index in [9.17, 15) is 8.78 Å². The van der Waals surface area contributed by atoms with Gasteiger partial charge in [-0.15, -0.1) is 0 Å². The average Bonchev–Trinajstić information content (AvgIpc) is 3.47. The van der Waals surface area contributed by atoms with Crippen LogP contribution in [-0.2, 0) is 0 Å². The minimum Gasteiger partial charge on any atom is -0.379 e. The van der Waals surface area contributed by atoms with Crippen LogP contribution in [0.4, 0.5) is 14.5 Å². The minimum atomic E-state index is -0.806. The number of anilines is 1. The lowest BCUT2D eigenvalue weighted by Crippen LogP contribution is -2.24. The van der Waals surface area contributed by atoms with Gasteiger partial charge in [0.05, 0.1) is 5.69 Å². The maximum Gasteiger partial charge on any atom is 0.197 e. The number of halogens is 2. The number of aromatic nitrogens is 4. The van der Waals surface area contributed by atoms with Crippen molar-refractivity contribution in [2.24, 2.45) is 0 Å². The fourth-order valence-electron chi connectivity index (χ4n) is 4.19. The number of nitrogens with zero attached hydrogens (tertiary/aromatic N) is 5. The monoisotopic (exact) mass is 408 g/mol. The van der Waals surface area contributed by atoms with Crippen molar-refractivity contribution in [3.8, 4) is 11.6 Å². The third-order valence-electron chi connectivity index (χ3n) is 5.89. The summed E-state index contributed by atoms with van der Waals surface area (Å²) < 4.78 is 28.6. The Morgan fingerprint density at radius 1 is 0.967 bits per heavy atom. The molecule has 0 bridgehead atoms. The van der Waals surface area contributed by atoms with Gasteiger partial charge in [0.2, 0.25) is 0 Å². The summed E-state index contributed by atoms with van der Waals surface area (Å²) in [7, 11) is 2.03. The second-order valence-electron chi connectivity index (χ2n) is 8.12. The molecular weight excluding hydrogens is 386 g/mol. The van der Waals surface area contributed by atoms with Crippen molar-refractivity contribution in [1.29, 1.82) is 0 Å². The van der Waals surface area contributed by atoms with E-state index in [1.54, 1.807) is 36.9 Å². The number of benzene rings is 1. The van der Waals surface area contributed by atoms with Gasteiger partial charge in [0.15, 0.2) is 23.3 Å². The number of hydrogen-bond acceptors (Lipinski definition) is 6. The van der Waals surface area contributed by atoms with Gasteiger partial charge in [-0.05, 0) is 67.6 Å². The topological polar surface area (TPSA) is 66.8 Å². The molecule has 1 N–H and O–H groups in total. The quantitative estimate of drug-likeness (QED) is 0.696. The van der Waals surface area contributed by atoms with Crippen LogP contribution in [0.2, 0.25) is 0 Å². The second kappa shape index (κ2) is 7.68. The molecule has 1 aromatic carbocycles. The van der Waals surface area contributed by atoms with Crippen LogP contribution in [0.3, 0.4) is 0 Å². The molecule has 154 valence electrons. The summed E-state index contributed by atoms with van der Waals surface area (Å²) in [5.74, 6) is -0.330. The first-order valence-corrected chi connectivity index (χ1v) is 10.1. The molecule has 0 unspecified atom stereocenters. The van der Waals surface area contributed by atoms with Crippen molar-refractivity contribution in [2.45, 2.75) is 30.7 Å². The maximum absolute atomic E-state index is 14.4. The van der Waals surface area contributed by atoms with Crippen LogP contribution >= 0.6 is 0 Å². The summed E-state index contributed by atoms with van der Waals surface area (Å²) >= 11 is 0. The van der Waals surface area contributed by atoms with E-state index in [0.29, 0.717) is 11.6 Å². The van der Waals surface area contributed by atoms with Crippen LogP contribution in [-0.4, -0.2) is 51.0 Å². The van der Waals surface area contributed by atoms with Gasteiger partial charge >= 0.3 is 0 Å². The van der Waals surface area contributed by atoms with Crippen LogP contribution in [0.5, 0.6) is 0 Å². The molecule has 0 spiro atoms. The fourth-order valence-corrected chi connectivity index (χ4v) is 4.19. The Labute approximate surface area is 173 Å². The minimum absolute atomic E-state index is 0.134. The predicted octanol–water partition coefficient (Wildman–Crippen LogP) is 3.60. The highest BCUT2D eigenvalue weighted by Gasteiger charge is 2.41. The van der Waals surface area contributed by atoms with E-state index in [-0.39, 0.29) is 23.6 Å². The van der Waals surface area contributed by atoms with Crippen molar-refractivity contribution in [3.63, 3.8) is 0 Å². The first kappa shape index (κ1) is 19.0. The summed E-state index contributed by atoms with van der Waals surface area (Å²) in [6.45, 7) is 1.78. The van der Waals surface area contributed by atoms with E-state index in [1.165, 1.54) is 6.07 Å². The van der Waals surface area contributed by atoms with Gasteiger partial charge in [-0.1, -0.05) is 0 Å². The zero-order chi connectivity index (χ0) is 20.7. The molecule has 1 aliphatic carbocycles. The number of likely N-dealkylation sites (N-methyl/N-ethyl adjacent to an activating group) is 1. The largest absolute Gasteiger partial charge is 0.379 e. The molecule has 1 saturated heterocycles. The molecule has 3 aromatic rings. The third kappa shape index (κ3) is 3.75. The number of hydrogen-bond donors (Lipinski definition) is 1. The molecule has 1 aliphatic heterocycles. The van der Waals surface area contributed by atoms with Gasteiger partial charge < -0.3 is 10.2 Å². The lowest BCUT2D eigenvalue weighted by molar-refractivity contribution is 0.413. The number of rotatable bonds is 5. The van der Waals surface area contributed by atoms with E-state index < -0.39 is 11.6 Å². The summed E-state index contributed by atoms with van der Waals surface area (Å²) in [4.78, 5) is 19.2. The third-order valence-corrected chi connectivity index (χ3v) is 5.89. The standard InChI is InChI=1S/C22H22F2N6/c1-30-6-3-15(12-30)29-19-8-13(7-18(23)20(19)24)16-9-17(16)14-10-27-22(28-11-14)21-25-4-2-5-26-21/h2,4-5,7-8,10-11,15-17,29H,3,6,9,12H2,1H3/t15-,16+,17+/m1/s1. The molecule has 2 fully saturated rings. The van der Waals surface area contributed by atoms with Crippen molar-refractivity contribution < 1.29 is 8.78 Å². The van der Waals surface area contributed by atoms with Crippen LogP contribution in [0.1, 0.15) is 35.8 Å². The van der Waals surface area contributed by atoms with Crippen molar-refractivity contribution in [3.05, 3.63) is 65.7 Å². The number of likely N-dealkylation sites (tertiary alicyclic amines) is 1. The summed E-state index contributed by atoms with van der Waals surface area (Å²) in [5.41, 5.74) is 2.04. The Kier molecular flexibility index (Phi) is 4.86. The van der Waals surface area contributed by atoms with Gasteiger partial charge in [-0.25, -0.2) is 28.7 Å². The number of nitrogens with one attached hydrogen (secondary N) is 1. The Morgan fingerprint density at radius 3 is 2.37 bits per heavy atom. The molecule has 2 aliphatic rings. The molecule has 8 heteroatoms. The highest BCUT2D eigenvalue weighted by molar-refractivity contribution is 5.52. The molecular formula is C22H22F2N6. The highest BCUT2D eigenvalue weighted by atomic mass is 19.2. The van der Waals surface area contributed by atoms with Crippen LogP contribution in [0.25, 0.3) is 11.6 Å². The summed E-state index contributed by atoms with van der Waals surface area (Å²) in [5, 5.41) is 3.19. The molecule has 1 saturated carbocycles. The zero-order valence-electron chi connectivity index (χ0n) is 16.6. The fraction of sp³-hybridized carbons (Fsp3) is 0.364. The van der Waals surface area contributed by atoms with E-state index >= 15 is 0 Å². The lowest BCUT2D eigenvalue weighted by atomic mass is 10.0. The van der Waals surface area contributed by atoms with Crippen LogP contribution in [0.15, 0.2) is 43.0 Å². The summed E-state index contributed by atoms with van der Waals surface area (Å²) in [6, 6.07) is 4.95. The van der Waals surface area contributed by atoms with Crippen molar-refractivity contribution >= 4 is 5.69 Å². The Hall–Kier alpha value is -3.00. The summed E-state index contributed by atoms with van der Waals surface area (Å²) in [6.07, 6.45) is 8.63. The van der Waals surface area contributed by atoms with E-state index in [4.69, 9.17) is 0 Å². The molecule has 6 nitrogen and oxygen atoms in total. The predicted molar refractivity (Wildman–Crippen MR) is 109 cm³/mol. The van der Waals surface area contributed by atoms with Gasteiger partial charge in [0.25, 0.3) is 0 Å². The highest BCUT2D eigenvalue weighted by Crippen LogP contribution is 2.55. The smallest absolute Gasteiger partial charge is 0.197 e. The van der Waals surface area contributed by atoms with Crippen molar-refractivity contribution in [1.82, 2.24) is 24.8 Å². The Bertz CT molecular complexity index is 1040. The SMILES string of the molecule is CN1CC[C@@H](Nc2cc([C@@H]3C[C@H]3c3cnc(-c4ncccn4)nc3)cc(F)c2F)C1. The Morgan fingerprint density at radius 2 is 1.67 bits per heavy atom. The molecule has 0 radical (unpaired) electrons. The first-order valence-electron chi connectivity index (χ1n) is 10.1. The maximum atomic E-state index is 14.4. The van der Waals surface area contributed by atoms with Crippen molar-refractivity contribution in [2.75, 3.05) is 25.5 Å². The molecule has 5 rings (SSSR count). The molecule has 2 aromatic heterocycles. The van der Waals surface area contributed by atoms with Gasteiger partial charge in [0.1, 0.15) is 0 Å².